The molecule has 0 aromatic heterocycles. The largest absolute Gasteiger partial charge is 0.507 e. The third-order valence-corrected chi connectivity index (χ3v) is 5.28. The topological polar surface area (TPSA) is 58.9 Å². The van der Waals surface area contributed by atoms with E-state index >= 15 is 0 Å². The van der Waals surface area contributed by atoms with Crippen LogP contribution in [0, 0.1) is 5.92 Å². The van der Waals surface area contributed by atoms with Gasteiger partial charge in [0.2, 0.25) is 0 Å². The Labute approximate surface area is 145 Å². The van der Waals surface area contributed by atoms with Crippen LogP contribution in [0.25, 0.3) is 10.8 Å². The molecule has 0 bridgehead atoms. The summed E-state index contributed by atoms with van der Waals surface area (Å²) in [4.78, 5) is 0. The summed E-state index contributed by atoms with van der Waals surface area (Å²) in [5.74, 6) is 0.338. The van der Waals surface area contributed by atoms with Gasteiger partial charge in [-0.25, -0.2) is 0 Å². The Morgan fingerprint density at radius 2 is 1.60 bits per heavy atom. The first-order chi connectivity index (χ1) is 12.1. The average Bonchev–Trinajstić information content (AvgIpc) is 2.60. The molecule has 2 aliphatic rings. The number of rotatable bonds is 0. The van der Waals surface area contributed by atoms with Crippen molar-refractivity contribution in [1.29, 1.82) is 0 Å². The van der Waals surface area contributed by atoms with E-state index in [0.29, 0.717) is 17.5 Å². The van der Waals surface area contributed by atoms with Gasteiger partial charge in [-0.2, -0.15) is 0 Å². The molecule has 4 heteroatoms. The first kappa shape index (κ1) is 14.6. The summed E-state index contributed by atoms with van der Waals surface area (Å²) in [6.07, 6.45) is -0.211. The molecule has 0 fully saturated rings. The maximum Gasteiger partial charge on any atom is 0.282 e. The van der Waals surface area contributed by atoms with Crippen molar-refractivity contribution in [3.05, 3.63) is 65.7 Å². The van der Waals surface area contributed by atoms with E-state index in [2.05, 4.69) is 0 Å². The van der Waals surface area contributed by atoms with Gasteiger partial charge >= 0.3 is 0 Å². The van der Waals surface area contributed by atoms with Crippen molar-refractivity contribution in [3.8, 4) is 17.2 Å². The quantitative estimate of drug-likeness (QED) is 0.645. The van der Waals surface area contributed by atoms with Crippen molar-refractivity contribution in [2.45, 2.75) is 25.2 Å². The fourth-order valence-corrected chi connectivity index (χ4v) is 4.17. The molecule has 0 saturated heterocycles. The first-order valence-electron chi connectivity index (χ1n) is 8.49. The number of aliphatic hydroxyl groups is 1. The number of hydrogen-bond acceptors (Lipinski definition) is 4. The van der Waals surface area contributed by atoms with E-state index in [-0.39, 0.29) is 11.7 Å². The predicted octanol–water partition coefficient (Wildman–Crippen LogP) is 4.24. The molecule has 3 aromatic carbocycles. The summed E-state index contributed by atoms with van der Waals surface area (Å²) < 4.78 is 12.7. The van der Waals surface area contributed by atoms with Gasteiger partial charge in [0.05, 0.1) is 17.1 Å². The van der Waals surface area contributed by atoms with E-state index in [4.69, 9.17) is 9.47 Å². The molecule has 1 aliphatic heterocycles. The lowest BCUT2D eigenvalue weighted by atomic mass is 9.77. The predicted molar refractivity (Wildman–Crippen MR) is 93.7 cm³/mol. The Morgan fingerprint density at radius 3 is 2.28 bits per heavy atom. The van der Waals surface area contributed by atoms with E-state index in [9.17, 15) is 10.2 Å². The number of aromatic hydroxyl groups is 1. The lowest BCUT2D eigenvalue weighted by molar-refractivity contribution is -0.160. The van der Waals surface area contributed by atoms with Gasteiger partial charge in [-0.3, -0.25) is 0 Å². The Balaban J connectivity index is 1.78. The molecule has 2 atom stereocenters. The summed E-state index contributed by atoms with van der Waals surface area (Å²) in [6, 6.07) is 17.0. The van der Waals surface area contributed by atoms with Crippen LogP contribution < -0.4 is 9.47 Å². The minimum atomic E-state index is -1.14. The highest BCUT2D eigenvalue weighted by Crippen LogP contribution is 2.54. The smallest absolute Gasteiger partial charge is 0.282 e. The maximum atomic E-state index is 10.6. The van der Waals surface area contributed by atoms with E-state index in [1.54, 1.807) is 12.1 Å². The fraction of sp³-hybridized carbons (Fsp3) is 0.238. The molecule has 5 rings (SSSR count). The number of aliphatic hydroxyl groups excluding tert-OH is 1. The molecule has 2 unspecified atom stereocenters. The van der Waals surface area contributed by atoms with Crippen LogP contribution in [0.4, 0.5) is 0 Å². The summed E-state index contributed by atoms with van der Waals surface area (Å²) >= 11 is 0. The van der Waals surface area contributed by atoms with Gasteiger partial charge in [0.15, 0.2) is 0 Å². The van der Waals surface area contributed by atoms with E-state index in [1.807, 2.05) is 49.4 Å². The Kier molecular flexibility index (Phi) is 2.86. The molecular weight excluding hydrogens is 316 g/mol. The van der Waals surface area contributed by atoms with Crippen LogP contribution >= 0.6 is 0 Å². The van der Waals surface area contributed by atoms with E-state index in [1.165, 1.54) is 0 Å². The molecule has 126 valence electrons. The van der Waals surface area contributed by atoms with Gasteiger partial charge in [-0.05, 0) is 35.1 Å². The summed E-state index contributed by atoms with van der Waals surface area (Å²) in [5, 5.41) is 23.1. The van der Waals surface area contributed by atoms with E-state index < -0.39 is 11.9 Å². The van der Waals surface area contributed by atoms with Crippen molar-refractivity contribution < 1.29 is 19.7 Å². The Bertz CT molecular complexity index is 954. The highest BCUT2D eigenvalue weighted by Gasteiger charge is 2.51. The number of fused-ring (bicyclic) bond motifs is 2. The van der Waals surface area contributed by atoms with Gasteiger partial charge in [0, 0.05) is 6.42 Å². The molecule has 0 radical (unpaired) electrons. The third-order valence-electron chi connectivity index (χ3n) is 5.28. The molecule has 1 aliphatic carbocycles. The van der Waals surface area contributed by atoms with E-state index in [0.717, 1.165) is 22.3 Å². The minimum absolute atomic E-state index is 0.0706. The Hall–Kier alpha value is -2.72. The van der Waals surface area contributed by atoms with Crippen LogP contribution in [0.1, 0.15) is 30.6 Å². The normalized spacial score (nSPS) is 23.0. The maximum absolute atomic E-state index is 10.6. The van der Waals surface area contributed by atoms with Crippen LogP contribution in [0.2, 0.25) is 0 Å². The average molecular weight is 334 g/mol. The molecule has 25 heavy (non-hydrogen) atoms. The molecule has 4 nitrogen and oxygen atoms in total. The number of benzene rings is 3. The second-order valence-electron chi connectivity index (χ2n) is 6.94. The lowest BCUT2D eigenvalue weighted by Gasteiger charge is -2.45. The molecule has 2 N–H and O–H groups in total. The Morgan fingerprint density at radius 1 is 0.960 bits per heavy atom. The summed E-state index contributed by atoms with van der Waals surface area (Å²) in [7, 11) is 0. The first-order valence-corrected chi connectivity index (χ1v) is 8.49. The van der Waals surface area contributed by atoms with Gasteiger partial charge in [-0.15, -0.1) is 0 Å². The van der Waals surface area contributed by atoms with Crippen molar-refractivity contribution in [3.63, 3.8) is 0 Å². The number of ether oxygens (including phenoxy) is 2. The second kappa shape index (κ2) is 4.90. The van der Waals surface area contributed by atoms with Crippen molar-refractivity contribution in [2.75, 3.05) is 0 Å². The van der Waals surface area contributed by atoms with Crippen molar-refractivity contribution in [2.24, 2.45) is 5.92 Å². The van der Waals surface area contributed by atoms with Crippen LogP contribution in [-0.2, 0) is 5.79 Å². The van der Waals surface area contributed by atoms with Crippen LogP contribution in [0.15, 0.2) is 54.6 Å². The van der Waals surface area contributed by atoms with Crippen LogP contribution in [0.3, 0.4) is 0 Å². The second-order valence-corrected chi connectivity index (χ2v) is 6.94. The van der Waals surface area contributed by atoms with Gasteiger partial charge in [0.1, 0.15) is 17.2 Å². The van der Waals surface area contributed by atoms with Crippen LogP contribution in [-0.4, -0.2) is 10.2 Å². The molecule has 3 aromatic rings. The zero-order valence-corrected chi connectivity index (χ0v) is 13.8. The minimum Gasteiger partial charge on any atom is -0.507 e. The van der Waals surface area contributed by atoms with Crippen LogP contribution in [0.5, 0.6) is 17.2 Å². The molecular formula is C21H18O4. The highest BCUT2D eigenvalue weighted by atomic mass is 16.7. The highest BCUT2D eigenvalue weighted by molar-refractivity contribution is 5.94. The number of hydrogen-bond donors (Lipinski definition) is 2. The molecule has 1 spiro atoms. The summed E-state index contributed by atoms with van der Waals surface area (Å²) in [5.41, 5.74) is 1.18. The SMILES string of the molecule is CC1CC2(Oc3cccc4cccc(c34)O2)c2c(O)cccc2C1O. The van der Waals surface area contributed by atoms with Crippen molar-refractivity contribution >= 4 is 10.8 Å². The van der Waals surface area contributed by atoms with Gasteiger partial charge in [0.25, 0.3) is 5.79 Å². The number of phenolic OH excluding ortho intramolecular Hbond substituents is 1. The lowest BCUT2D eigenvalue weighted by Crippen LogP contribution is -2.47. The van der Waals surface area contributed by atoms with Gasteiger partial charge in [-0.1, -0.05) is 43.3 Å². The molecule has 0 amide bonds. The number of phenols is 1. The monoisotopic (exact) mass is 334 g/mol. The summed E-state index contributed by atoms with van der Waals surface area (Å²) in [6.45, 7) is 1.97. The van der Waals surface area contributed by atoms with Gasteiger partial charge < -0.3 is 19.7 Å². The third kappa shape index (κ3) is 1.91. The van der Waals surface area contributed by atoms with Crippen molar-refractivity contribution in [1.82, 2.24) is 0 Å². The fourth-order valence-electron chi connectivity index (χ4n) is 4.17. The molecule has 1 heterocycles. The standard InChI is InChI=1S/C21H18O4/c1-12-11-21(19-14(20(12)23)7-4-8-15(19)22)24-16-9-2-5-13-6-3-10-17(25-21)18(13)16/h2-10,12,20,22-23H,11H2,1H3. The zero-order chi connectivity index (χ0) is 17.2. The zero-order valence-electron chi connectivity index (χ0n) is 13.8. The molecule has 0 saturated carbocycles.